The number of nitrogens with one attached hydrogen (secondary N) is 2. The second-order valence-electron chi connectivity index (χ2n) is 2.90. The summed E-state index contributed by atoms with van der Waals surface area (Å²) in [5, 5.41) is 11.4. The van der Waals surface area contributed by atoms with E-state index in [9.17, 15) is 4.39 Å². The molecular weight excluding hydrogens is 185 g/mol. The number of aromatic nitrogens is 2. The molecule has 0 atom stereocenters. The molecule has 1 aromatic carbocycles. The molecule has 74 valence electrons. The van der Waals surface area contributed by atoms with E-state index in [1.165, 1.54) is 12.1 Å². The van der Waals surface area contributed by atoms with E-state index in [0.29, 0.717) is 23.5 Å². The Kier molecular flexibility index (Phi) is 2.32. The van der Waals surface area contributed by atoms with Crippen molar-refractivity contribution in [3.63, 3.8) is 0 Å². The van der Waals surface area contributed by atoms with Gasteiger partial charge in [0.2, 0.25) is 5.95 Å². The molecular formula is C9H10FN3O. The lowest BCUT2D eigenvalue weighted by molar-refractivity contribution is 0.311. The third-order valence-electron chi connectivity index (χ3n) is 1.85. The summed E-state index contributed by atoms with van der Waals surface area (Å²) in [5.74, 6) is 0.245. The summed E-state index contributed by atoms with van der Waals surface area (Å²) >= 11 is 0. The van der Waals surface area contributed by atoms with Gasteiger partial charge in [0, 0.05) is 6.54 Å². The number of aromatic amines is 1. The molecule has 0 aliphatic carbocycles. The number of H-pyrrole nitrogens is 1. The largest absolute Gasteiger partial charge is 0.395 e. The minimum atomic E-state index is -0.296. The van der Waals surface area contributed by atoms with Crippen LogP contribution in [0.1, 0.15) is 0 Å². The van der Waals surface area contributed by atoms with Crippen molar-refractivity contribution < 1.29 is 9.50 Å². The van der Waals surface area contributed by atoms with Gasteiger partial charge in [-0.05, 0) is 18.2 Å². The molecule has 0 spiro atoms. The summed E-state index contributed by atoms with van der Waals surface area (Å²) in [6, 6.07) is 4.34. The molecule has 1 heterocycles. The standard InChI is InChI=1S/C9H10FN3O/c10-6-1-2-7-8(5-6)13-9(12-7)11-3-4-14/h1-2,5,14H,3-4H2,(H2,11,12,13). The Morgan fingerprint density at radius 3 is 3.14 bits per heavy atom. The van der Waals surface area contributed by atoms with E-state index in [0.717, 1.165) is 0 Å². The quantitative estimate of drug-likeness (QED) is 0.687. The second-order valence-corrected chi connectivity index (χ2v) is 2.90. The summed E-state index contributed by atoms with van der Waals surface area (Å²) in [7, 11) is 0. The van der Waals surface area contributed by atoms with Crippen LogP contribution < -0.4 is 5.32 Å². The van der Waals surface area contributed by atoms with Gasteiger partial charge in [-0.15, -0.1) is 0 Å². The van der Waals surface area contributed by atoms with Crippen LogP contribution in [0.4, 0.5) is 10.3 Å². The topological polar surface area (TPSA) is 60.9 Å². The predicted octanol–water partition coefficient (Wildman–Crippen LogP) is 1.11. The molecule has 0 unspecified atom stereocenters. The number of fused-ring (bicyclic) bond motifs is 1. The molecule has 0 radical (unpaired) electrons. The zero-order valence-electron chi connectivity index (χ0n) is 7.42. The fourth-order valence-corrected chi connectivity index (χ4v) is 1.24. The molecule has 0 aliphatic rings. The van der Waals surface area contributed by atoms with Gasteiger partial charge < -0.3 is 15.4 Å². The number of imidazole rings is 1. The minimum Gasteiger partial charge on any atom is -0.395 e. The van der Waals surface area contributed by atoms with Gasteiger partial charge >= 0.3 is 0 Å². The zero-order valence-corrected chi connectivity index (χ0v) is 7.42. The Hall–Kier alpha value is -1.62. The minimum absolute atomic E-state index is 0.0331. The van der Waals surface area contributed by atoms with E-state index >= 15 is 0 Å². The van der Waals surface area contributed by atoms with Gasteiger partial charge in [0.1, 0.15) is 5.82 Å². The van der Waals surface area contributed by atoms with Crippen molar-refractivity contribution in [3.8, 4) is 0 Å². The van der Waals surface area contributed by atoms with E-state index in [2.05, 4.69) is 15.3 Å². The molecule has 0 saturated heterocycles. The first-order valence-electron chi connectivity index (χ1n) is 4.29. The van der Waals surface area contributed by atoms with Crippen LogP contribution in [0.15, 0.2) is 18.2 Å². The van der Waals surface area contributed by atoms with Crippen LogP contribution in [0.5, 0.6) is 0 Å². The summed E-state index contributed by atoms with van der Waals surface area (Å²) in [5.41, 5.74) is 1.34. The van der Waals surface area contributed by atoms with Crippen molar-refractivity contribution in [2.45, 2.75) is 0 Å². The first kappa shape index (κ1) is 8.96. The maximum Gasteiger partial charge on any atom is 0.201 e. The number of benzene rings is 1. The molecule has 1 aromatic heterocycles. The number of aliphatic hydroxyl groups excluding tert-OH is 1. The van der Waals surface area contributed by atoms with Gasteiger partial charge in [0.25, 0.3) is 0 Å². The molecule has 3 N–H and O–H groups in total. The molecule has 0 bridgehead atoms. The lowest BCUT2D eigenvalue weighted by Gasteiger charge is -1.96. The summed E-state index contributed by atoms with van der Waals surface area (Å²) in [6.45, 7) is 0.452. The summed E-state index contributed by atoms with van der Waals surface area (Å²) < 4.78 is 12.8. The number of nitrogens with zero attached hydrogens (tertiary/aromatic N) is 1. The highest BCUT2D eigenvalue weighted by Crippen LogP contribution is 2.14. The highest BCUT2D eigenvalue weighted by Gasteiger charge is 2.02. The van der Waals surface area contributed by atoms with Crippen LogP contribution in [-0.4, -0.2) is 28.2 Å². The van der Waals surface area contributed by atoms with E-state index in [1.54, 1.807) is 6.07 Å². The number of hydrogen-bond acceptors (Lipinski definition) is 3. The number of anilines is 1. The SMILES string of the molecule is OCCNc1nc2ccc(F)cc2[nH]1. The van der Waals surface area contributed by atoms with Crippen molar-refractivity contribution >= 4 is 17.0 Å². The first-order valence-corrected chi connectivity index (χ1v) is 4.29. The van der Waals surface area contributed by atoms with Gasteiger partial charge in [-0.25, -0.2) is 9.37 Å². The number of hydrogen-bond donors (Lipinski definition) is 3. The van der Waals surface area contributed by atoms with Crippen LogP contribution in [0.2, 0.25) is 0 Å². The number of halogens is 1. The number of rotatable bonds is 3. The van der Waals surface area contributed by atoms with Gasteiger partial charge in [0.15, 0.2) is 0 Å². The average Bonchev–Trinajstić information content (AvgIpc) is 2.56. The van der Waals surface area contributed by atoms with Crippen LogP contribution in [0.3, 0.4) is 0 Å². The third-order valence-corrected chi connectivity index (χ3v) is 1.85. The smallest absolute Gasteiger partial charge is 0.201 e. The predicted molar refractivity (Wildman–Crippen MR) is 51.6 cm³/mol. The number of aliphatic hydroxyl groups is 1. The van der Waals surface area contributed by atoms with Crippen LogP contribution in [0, 0.1) is 5.82 Å². The monoisotopic (exact) mass is 195 g/mol. The van der Waals surface area contributed by atoms with Crippen LogP contribution >= 0.6 is 0 Å². The van der Waals surface area contributed by atoms with Crippen molar-refractivity contribution in [3.05, 3.63) is 24.0 Å². The first-order chi connectivity index (χ1) is 6.79. The van der Waals surface area contributed by atoms with Gasteiger partial charge in [-0.1, -0.05) is 0 Å². The fourth-order valence-electron chi connectivity index (χ4n) is 1.24. The molecule has 2 aromatic rings. The zero-order chi connectivity index (χ0) is 9.97. The van der Waals surface area contributed by atoms with Crippen LogP contribution in [0.25, 0.3) is 11.0 Å². The van der Waals surface area contributed by atoms with Crippen LogP contribution in [-0.2, 0) is 0 Å². The van der Waals surface area contributed by atoms with E-state index in [-0.39, 0.29) is 12.4 Å². The maximum absolute atomic E-state index is 12.8. The molecule has 5 heteroatoms. The normalized spacial score (nSPS) is 10.7. The van der Waals surface area contributed by atoms with E-state index in [1.807, 2.05) is 0 Å². The van der Waals surface area contributed by atoms with Crippen molar-refractivity contribution in [1.82, 2.24) is 9.97 Å². The van der Waals surface area contributed by atoms with E-state index < -0.39 is 0 Å². The molecule has 0 saturated carbocycles. The molecule has 14 heavy (non-hydrogen) atoms. The third kappa shape index (κ3) is 1.67. The average molecular weight is 195 g/mol. The molecule has 0 amide bonds. The Morgan fingerprint density at radius 2 is 2.36 bits per heavy atom. The summed E-state index contributed by atoms with van der Waals surface area (Å²) in [4.78, 5) is 7.04. The second kappa shape index (κ2) is 3.63. The van der Waals surface area contributed by atoms with Gasteiger partial charge in [-0.2, -0.15) is 0 Å². The summed E-state index contributed by atoms with van der Waals surface area (Å²) in [6.07, 6.45) is 0. The lowest BCUT2D eigenvalue weighted by atomic mass is 10.3. The van der Waals surface area contributed by atoms with Crippen molar-refractivity contribution in [2.24, 2.45) is 0 Å². The Bertz CT molecular complexity index is 441. The highest BCUT2D eigenvalue weighted by molar-refractivity contribution is 5.77. The molecule has 2 rings (SSSR count). The highest BCUT2D eigenvalue weighted by atomic mass is 19.1. The maximum atomic E-state index is 12.8. The molecule has 4 nitrogen and oxygen atoms in total. The lowest BCUT2D eigenvalue weighted by Crippen LogP contribution is -2.06. The Labute approximate surface area is 79.8 Å². The van der Waals surface area contributed by atoms with Crippen molar-refractivity contribution in [2.75, 3.05) is 18.5 Å². The van der Waals surface area contributed by atoms with Crippen molar-refractivity contribution in [1.29, 1.82) is 0 Å². The fraction of sp³-hybridized carbons (Fsp3) is 0.222. The molecule has 0 aliphatic heterocycles. The van der Waals surface area contributed by atoms with Gasteiger partial charge in [-0.3, -0.25) is 0 Å². The Balaban J connectivity index is 2.32. The van der Waals surface area contributed by atoms with E-state index in [4.69, 9.17) is 5.11 Å². The Morgan fingerprint density at radius 1 is 1.50 bits per heavy atom. The molecule has 0 fully saturated rings. The van der Waals surface area contributed by atoms with Gasteiger partial charge in [0.05, 0.1) is 17.6 Å².